The van der Waals surface area contributed by atoms with Gasteiger partial charge in [-0.3, -0.25) is 0 Å². The summed E-state index contributed by atoms with van der Waals surface area (Å²) in [4.78, 5) is 10.6. The van der Waals surface area contributed by atoms with Gasteiger partial charge in [0.1, 0.15) is 17.5 Å². The van der Waals surface area contributed by atoms with Crippen LogP contribution in [0.25, 0.3) is 0 Å². The minimum atomic E-state index is -0.297. The largest absolute Gasteiger partial charge is 0.497 e. The highest BCUT2D eigenvalue weighted by molar-refractivity contribution is 5.43. The van der Waals surface area contributed by atoms with E-state index >= 15 is 0 Å². The molecule has 1 aromatic carbocycles. The minimum absolute atomic E-state index is 0.297. The normalized spacial score (nSPS) is 19.4. The fourth-order valence-corrected chi connectivity index (χ4v) is 1.59. The van der Waals surface area contributed by atoms with Gasteiger partial charge in [-0.15, -0.1) is 0 Å². The first-order valence-electron chi connectivity index (χ1n) is 4.48. The molecule has 0 fully saturated rings. The number of fused-ring (bicyclic) bond motifs is 1. The molecule has 0 spiro atoms. The summed E-state index contributed by atoms with van der Waals surface area (Å²) < 4.78 is 10.5. The van der Waals surface area contributed by atoms with Gasteiger partial charge in [-0.05, 0) is 18.2 Å². The van der Waals surface area contributed by atoms with Crippen molar-refractivity contribution >= 4 is 0 Å². The molecule has 1 aliphatic rings. The number of methoxy groups -OCH3 is 1. The number of hydrogen-bond donors (Lipinski definition) is 0. The van der Waals surface area contributed by atoms with E-state index in [1.54, 1.807) is 13.2 Å². The first-order valence-corrected chi connectivity index (χ1v) is 4.48. The Hall–Kier alpha value is -1.58. The van der Waals surface area contributed by atoms with Crippen molar-refractivity contribution in [2.24, 2.45) is 5.18 Å². The maximum Gasteiger partial charge on any atom is 0.125 e. The smallest absolute Gasteiger partial charge is 0.125 e. The molecule has 0 bridgehead atoms. The summed E-state index contributed by atoms with van der Waals surface area (Å²) in [6.07, 6.45) is 0.643. The second-order valence-electron chi connectivity index (χ2n) is 3.16. The Bertz CT molecular complexity index is 351. The van der Waals surface area contributed by atoms with Crippen LogP contribution in [0.1, 0.15) is 18.0 Å². The van der Waals surface area contributed by atoms with Crippen LogP contribution >= 0.6 is 0 Å². The summed E-state index contributed by atoms with van der Waals surface area (Å²) in [7, 11) is 1.59. The lowest BCUT2D eigenvalue weighted by Gasteiger charge is -2.21. The molecule has 4 nitrogen and oxygen atoms in total. The van der Waals surface area contributed by atoms with Crippen molar-refractivity contribution in [1.29, 1.82) is 0 Å². The lowest BCUT2D eigenvalue weighted by atomic mass is 10.0. The second-order valence-corrected chi connectivity index (χ2v) is 3.16. The van der Waals surface area contributed by atoms with Gasteiger partial charge in [0.25, 0.3) is 0 Å². The summed E-state index contributed by atoms with van der Waals surface area (Å²) in [5.41, 5.74) is 0.825. The molecule has 1 aliphatic heterocycles. The summed E-state index contributed by atoms with van der Waals surface area (Å²) >= 11 is 0. The van der Waals surface area contributed by atoms with Crippen molar-refractivity contribution in [1.82, 2.24) is 0 Å². The molecule has 0 aliphatic carbocycles. The van der Waals surface area contributed by atoms with E-state index in [9.17, 15) is 4.91 Å². The predicted molar refractivity (Wildman–Crippen MR) is 51.6 cm³/mol. The third kappa shape index (κ3) is 1.43. The molecule has 1 heterocycles. The highest BCUT2D eigenvalue weighted by Gasteiger charge is 2.22. The molecule has 0 aromatic heterocycles. The number of hydrogen-bond acceptors (Lipinski definition) is 4. The monoisotopic (exact) mass is 193 g/mol. The number of benzene rings is 1. The third-order valence-corrected chi connectivity index (χ3v) is 2.35. The average molecular weight is 193 g/mol. The highest BCUT2D eigenvalue weighted by atomic mass is 16.5. The van der Waals surface area contributed by atoms with E-state index in [1.165, 1.54) is 0 Å². The van der Waals surface area contributed by atoms with Gasteiger partial charge in [-0.25, -0.2) is 0 Å². The maximum absolute atomic E-state index is 10.6. The van der Waals surface area contributed by atoms with E-state index in [-0.39, 0.29) is 6.04 Å². The zero-order valence-electron chi connectivity index (χ0n) is 7.90. The van der Waals surface area contributed by atoms with Crippen LogP contribution in [0, 0.1) is 4.91 Å². The van der Waals surface area contributed by atoms with Crippen molar-refractivity contribution in [3.05, 3.63) is 28.7 Å². The van der Waals surface area contributed by atoms with E-state index in [4.69, 9.17) is 9.47 Å². The molecule has 0 N–H and O–H groups in total. The van der Waals surface area contributed by atoms with Crippen LogP contribution in [0.4, 0.5) is 0 Å². The van der Waals surface area contributed by atoms with Gasteiger partial charge in [0.2, 0.25) is 0 Å². The molecule has 14 heavy (non-hydrogen) atoms. The Morgan fingerprint density at radius 2 is 2.43 bits per heavy atom. The Kier molecular flexibility index (Phi) is 2.35. The van der Waals surface area contributed by atoms with Crippen LogP contribution < -0.4 is 9.47 Å². The van der Waals surface area contributed by atoms with E-state index in [0.29, 0.717) is 13.0 Å². The lowest BCUT2D eigenvalue weighted by molar-refractivity contribution is 0.268. The molecular weight excluding hydrogens is 182 g/mol. The molecule has 0 radical (unpaired) electrons. The van der Waals surface area contributed by atoms with Gasteiger partial charge in [-0.2, -0.15) is 4.91 Å². The van der Waals surface area contributed by atoms with Gasteiger partial charge in [0.15, 0.2) is 0 Å². The maximum atomic E-state index is 10.6. The Labute approximate surface area is 81.8 Å². The first-order chi connectivity index (χ1) is 6.85. The van der Waals surface area contributed by atoms with Crippen molar-refractivity contribution in [3.8, 4) is 11.5 Å². The highest BCUT2D eigenvalue weighted by Crippen LogP contribution is 2.36. The van der Waals surface area contributed by atoms with Crippen molar-refractivity contribution in [2.45, 2.75) is 12.5 Å². The molecule has 0 saturated carbocycles. The van der Waals surface area contributed by atoms with E-state index < -0.39 is 0 Å². The van der Waals surface area contributed by atoms with Crippen LogP contribution in [0.5, 0.6) is 11.5 Å². The van der Waals surface area contributed by atoms with Gasteiger partial charge in [0.05, 0.1) is 13.7 Å². The SMILES string of the molecule is COc1ccc2c(c1)C(N=O)CCO2. The molecule has 0 amide bonds. The van der Waals surface area contributed by atoms with E-state index in [2.05, 4.69) is 5.18 Å². The summed E-state index contributed by atoms with van der Waals surface area (Å²) in [5.74, 6) is 1.46. The van der Waals surface area contributed by atoms with Crippen LogP contribution in [0.2, 0.25) is 0 Å². The molecule has 4 heteroatoms. The summed E-state index contributed by atoms with van der Waals surface area (Å²) in [6, 6.07) is 5.13. The van der Waals surface area contributed by atoms with Gasteiger partial charge in [-0.1, -0.05) is 5.18 Å². The van der Waals surface area contributed by atoms with E-state index in [1.807, 2.05) is 12.1 Å². The fourth-order valence-electron chi connectivity index (χ4n) is 1.59. The fraction of sp³-hybridized carbons (Fsp3) is 0.400. The van der Waals surface area contributed by atoms with Gasteiger partial charge < -0.3 is 9.47 Å². The Balaban J connectivity index is 2.43. The van der Waals surface area contributed by atoms with Crippen molar-refractivity contribution in [2.75, 3.05) is 13.7 Å². The summed E-state index contributed by atoms with van der Waals surface area (Å²) in [5, 5.41) is 3.08. The topological polar surface area (TPSA) is 47.9 Å². The predicted octanol–water partition coefficient (Wildman–Crippen LogP) is 2.29. The molecule has 74 valence electrons. The van der Waals surface area contributed by atoms with Crippen LogP contribution in [0.15, 0.2) is 23.4 Å². The zero-order valence-corrected chi connectivity index (χ0v) is 7.90. The van der Waals surface area contributed by atoms with Gasteiger partial charge >= 0.3 is 0 Å². The molecule has 2 rings (SSSR count). The Morgan fingerprint density at radius 1 is 1.57 bits per heavy atom. The Morgan fingerprint density at radius 3 is 3.14 bits per heavy atom. The number of nitrogens with zero attached hydrogens (tertiary/aromatic N) is 1. The lowest BCUT2D eigenvalue weighted by Crippen LogP contribution is -2.12. The third-order valence-electron chi connectivity index (χ3n) is 2.35. The van der Waals surface area contributed by atoms with Crippen LogP contribution in [-0.4, -0.2) is 13.7 Å². The van der Waals surface area contributed by atoms with Crippen molar-refractivity contribution in [3.63, 3.8) is 0 Å². The first kappa shape index (κ1) is 8.99. The van der Waals surface area contributed by atoms with Crippen molar-refractivity contribution < 1.29 is 9.47 Å². The number of nitroso groups, excluding NO2 is 1. The van der Waals surface area contributed by atoms with Gasteiger partial charge in [0, 0.05) is 12.0 Å². The molecular formula is C10H11NO3. The number of rotatable bonds is 2. The minimum Gasteiger partial charge on any atom is -0.497 e. The molecule has 0 saturated heterocycles. The van der Waals surface area contributed by atoms with E-state index in [0.717, 1.165) is 17.1 Å². The standard InChI is InChI=1S/C10H11NO3/c1-13-7-2-3-10-8(6-7)9(11-12)4-5-14-10/h2-3,6,9H,4-5H2,1H3. The summed E-state index contributed by atoms with van der Waals surface area (Å²) in [6.45, 7) is 0.551. The number of ether oxygens (including phenoxy) is 2. The quantitative estimate of drug-likeness (QED) is 0.677. The molecule has 1 unspecified atom stereocenters. The molecule has 1 aromatic rings. The average Bonchev–Trinajstić information content (AvgIpc) is 2.27. The van der Waals surface area contributed by atoms with Crippen LogP contribution in [-0.2, 0) is 0 Å². The second kappa shape index (κ2) is 3.65. The molecule has 1 atom stereocenters. The van der Waals surface area contributed by atoms with Crippen LogP contribution in [0.3, 0.4) is 0 Å². The zero-order chi connectivity index (χ0) is 9.97.